The summed E-state index contributed by atoms with van der Waals surface area (Å²) in [6.45, 7) is -2.90. The van der Waals surface area contributed by atoms with Gasteiger partial charge in [-0.1, -0.05) is 24.2 Å². The molecule has 23 heavy (non-hydrogen) atoms. The molecule has 0 unspecified atom stereocenters. The monoisotopic (exact) mass is 309 g/mol. The highest BCUT2D eigenvalue weighted by Gasteiger charge is 2.39. The quantitative estimate of drug-likeness (QED) is 0.494. The first-order valence-corrected chi connectivity index (χ1v) is 7.52. The summed E-state index contributed by atoms with van der Waals surface area (Å²) in [5, 5.41) is 0.739. The van der Waals surface area contributed by atoms with Crippen molar-refractivity contribution in [1.29, 1.82) is 0 Å². The number of anilines is 2. The lowest BCUT2D eigenvalue weighted by atomic mass is 9.59. The van der Waals surface area contributed by atoms with Gasteiger partial charge in [-0.05, 0) is 43.8 Å². The Labute approximate surface area is 145 Å². The Kier molecular flexibility index (Phi) is 1.96. The Hall–Kier alpha value is -2.49. The minimum Gasteiger partial charge on any atom is -0.423 e. The van der Waals surface area contributed by atoms with Crippen molar-refractivity contribution in [3.05, 3.63) is 59.7 Å². The van der Waals surface area contributed by atoms with E-state index in [0.717, 1.165) is 5.39 Å². The van der Waals surface area contributed by atoms with Crippen molar-refractivity contribution in [3.63, 3.8) is 0 Å². The highest BCUT2D eigenvalue weighted by Crippen LogP contribution is 2.43. The SMILES string of the molecule is [2H]C([2H])([2H])C1=CB(C)N(c2ccc(C([2H])([2H])[2H])c[n+]2C)c2oc3ccccc3c21. The molecule has 4 rings (SSSR count). The zero-order valence-electron chi connectivity index (χ0n) is 19.0. The zero-order chi connectivity index (χ0) is 21.1. The van der Waals surface area contributed by atoms with Gasteiger partial charge in [0, 0.05) is 19.7 Å². The van der Waals surface area contributed by atoms with Crippen molar-refractivity contribution in [2.24, 2.45) is 7.05 Å². The van der Waals surface area contributed by atoms with E-state index < -0.39 is 13.7 Å². The van der Waals surface area contributed by atoms with Crippen LogP contribution in [0.1, 0.15) is 26.2 Å². The first kappa shape index (κ1) is 8.97. The second-order valence-electron chi connectivity index (χ2n) is 5.86. The van der Waals surface area contributed by atoms with Gasteiger partial charge in [-0.3, -0.25) is 4.81 Å². The first-order chi connectivity index (χ1) is 13.5. The van der Waals surface area contributed by atoms with Crippen molar-refractivity contribution in [2.75, 3.05) is 4.81 Å². The van der Waals surface area contributed by atoms with E-state index in [4.69, 9.17) is 12.6 Å². The number of benzene rings is 1. The summed E-state index contributed by atoms with van der Waals surface area (Å²) < 4.78 is 54.7. The van der Waals surface area contributed by atoms with Crippen LogP contribution in [0.25, 0.3) is 16.5 Å². The maximum Gasteiger partial charge on any atom is 0.406 e. The summed E-state index contributed by atoms with van der Waals surface area (Å²) in [7, 11) is 1.77. The van der Waals surface area contributed by atoms with Crippen LogP contribution in [0.4, 0.5) is 11.7 Å². The van der Waals surface area contributed by atoms with E-state index in [1.165, 1.54) is 0 Å². The van der Waals surface area contributed by atoms with Crippen LogP contribution >= 0.6 is 0 Å². The van der Waals surface area contributed by atoms with Gasteiger partial charge in [0.1, 0.15) is 5.58 Å². The second kappa shape index (κ2) is 5.02. The molecule has 0 fully saturated rings. The normalized spacial score (nSPS) is 19.1. The fraction of sp³-hybridized carbons (Fsp3) is 0.211. The van der Waals surface area contributed by atoms with E-state index in [1.807, 2.05) is 35.9 Å². The molecule has 1 aliphatic heterocycles. The minimum atomic E-state index is -2.28. The van der Waals surface area contributed by atoms with Crippen LogP contribution in [0.2, 0.25) is 6.82 Å². The summed E-state index contributed by atoms with van der Waals surface area (Å²) in [5.74, 6) is 2.88. The topological polar surface area (TPSA) is 20.3 Å². The number of pyridine rings is 1. The van der Waals surface area contributed by atoms with Crippen molar-refractivity contribution >= 4 is 35.1 Å². The molecule has 0 aliphatic carbocycles. The van der Waals surface area contributed by atoms with Crippen LogP contribution in [0.15, 0.2) is 53.0 Å². The Morgan fingerprint density at radius 1 is 1.17 bits per heavy atom. The van der Waals surface area contributed by atoms with Gasteiger partial charge >= 0.3 is 6.85 Å². The Bertz CT molecular complexity index is 1130. The van der Waals surface area contributed by atoms with Gasteiger partial charge in [-0.2, -0.15) is 0 Å². The van der Waals surface area contributed by atoms with Crippen molar-refractivity contribution < 1.29 is 17.2 Å². The molecule has 1 aliphatic rings. The molecular weight excluding hydrogens is 283 g/mol. The molecule has 3 heterocycles. The van der Waals surface area contributed by atoms with Gasteiger partial charge in [0.15, 0.2) is 0 Å². The Morgan fingerprint density at radius 3 is 2.83 bits per heavy atom. The Balaban J connectivity index is 1.95. The number of rotatable bonds is 1. The van der Waals surface area contributed by atoms with Crippen molar-refractivity contribution in [1.82, 2.24) is 0 Å². The van der Waals surface area contributed by atoms with E-state index in [2.05, 4.69) is 0 Å². The van der Waals surface area contributed by atoms with Crippen molar-refractivity contribution in [3.8, 4) is 0 Å². The highest BCUT2D eigenvalue weighted by atomic mass is 16.4. The summed E-state index contributed by atoms with van der Waals surface area (Å²) in [4.78, 5) is 1.90. The predicted molar refractivity (Wildman–Crippen MR) is 96.0 cm³/mol. The molecule has 0 saturated heterocycles. The molecule has 0 saturated carbocycles. The molecule has 0 radical (unpaired) electrons. The van der Waals surface area contributed by atoms with Crippen LogP contribution in [-0.2, 0) is 7.05 Å². The van der Waals surface area contributed by atoms with E-state index in [9.17, 15) is 0 Å². The maximum atomic E-state index is 8.01. The molecule has 0 atom stereocenters. The number of fused-ring (bicyclic) bond motifs is 3. The smallest absolute Gasteiger partial charge is 0.406 e. The molecule has 1 aromatic carbocycles. The average molecular weight is 309 g/mol. The average Bonchev–Trinajstić information content (AvgIpc) is 2.99. The lowest BCUT2D eigenvalue weighted by Gasteiger charge is -2.24. The predicted octanol–water partition coefficient (Wildman–Crippen LogP) is 4.28. The molecule has 114 valence electrons. The molecule has 3 aromatic rings. The summed E-state index contributed by atoms with van der Waals surface area (Å²) in [6.07, 6.45) is 1.57. The molecule has 0 amide bonds. The minimum absolute atomic E-state index is 0.233. The third-order valence-corrected chi connectivity index (χ3v) is 4.23. The van der Waals surface area contributed by atoms with E-state index in [-0.39, 0.29) is 18.0 Å². The molecule has 0 spiro atoms. The summed E-state index contributed by atoms with van der Waals surface area (Å²) >= 11 is 0. The molecule has 0 bridgehead atoms. The summed E-state index contributed by atoms with van der Waals surface area (Å²) in [6, 6.07) is 10.6. The number of para-hydroxylation sites is 1. The molecule has 0 N–H and O–H groups in total. The van der Waals surface area contributed by atoms with Crippen LogP contribution in [0, 0.1) is 6.85 Å². The van der Waals surface area contributed by atoms with Crippen LogP contribution in [-0.4, -0.2) is 6.85 Å². The fourth-order valence-electron chi connectivity index (χ4n) is 3.21. The number of nitrogens with zero attached hydrogens (tertiary/aromatic N) is 2. The number of hydrogen-bond acceptors (Lipinski definition) is 2. The van der Waals surface area contributed by atoms with Gasteiger partial charge in [0.05, 0.1) is 18.8 Å². The first-order valence-electron chi connectivity index (χ1n) is 10.5. The van der Waals surface area contributed by atoms with E-state index in [0.29, 0.717) is 22.8 Å². The largest absolute Gasteiger partial charge is 0.423 e. The van der Waals surface area contributed by atoms with Gasteiger partial charge in [-0.25, -0.2) is 4.57 Å². The van der Waals surface area contributed by atoms with Gasteiger partial charge < -0.3 is 4.42 Å². The third-order valence-electron chi connectivity index (χ3n) is 4.23. The van der Waals surface area contributed by atoms with Gasteiger partial charge in [0.2, 0.25) is 0 Å². The summed E-state index contributed by atoms with van der Waals surface area (Å²) in [5.41, 5.74) is 1.66. The van der Waals surface area contributed by atoms with Crippen LogP contribution in [0.5, 0.6) is 0 Å². The standard InChI is InChI=1S/C19H20BN2O/c1-13-9-10-17(21(4)12-13)22-19-18(14(2)11-20(22)3)15-7-5-6-8-16(15)23-19/h5-12H,1-4H3/q+1/i1D3,2D3. The van der Waals surface area contributed by atoms with Gasteiger partial charge in [0.25, 0.3) is 11.7 Å². The molecule has 3 nitrogen and oxygen atoms in total. The number of furan rings is 1. The molecular formula is C19H20BN2O+. The fourth-order valence-corrected chi connectivity index (χ4v) is 3.21. The van der Waals surface area contributed by atoms with Crippen LogP contribution in [0.3, 0.4) is 0 Å². The molecule has 4 heteroatoms. The van der Waals surface area contributed by atoms with Crippen LogP contribution < -0.4 is 9.38 Å². The Morgan fingerprint density at radius 2 is 2.04 bits per heavy atom. The highest BCUT2D eigenvalue weighted by molar-refractivity contribution is 6.70. The molecule has 2 aromatic heterocycles. The number of allylic oxidation sites excluding steroid dienone is 1. The maximum absolute atomic E-state index is 8.01. The lowest BCUT2D eigenvalue weighted by Crippen LogP contribution is -2.43. The number of hydrogen-bond donors (Lipinski definition) is 0. The number of aromatic nitrogens is 1. The van der Waals surface area contributed by atoms with Gasteiger partial charge in [-0.15, -0.1) is 0 Å². The van der Waals surface area contributed by atoms with E-state index >= 15 is 0 Å². The van der Waals surface area contributed by atoms with Crippen molar-refractivity contribution in [2.45, 2.75) is 20.5 Å². The van der Waals surface area contributed by atoms with E-state index in [1.54, 1.807) is 35.9 Å². The zero-order valence-corrected chi connectivity index (χ0v) is 13.0. The second-order valence-corrected chi connectivity index (χ2v) is 5.86. The lowest BCUT2D eigenvalue weighted by molar-refractivity contribution is -0.658. The number of aryl methyl sites for hydroxylation is 2. The third kappa shape index (κ3) is 2.09.